The lowest BCUT2D eigenvalue weighted by Crippen LogP contribution is -2.27. The van der Waals surface area contributed by atoms with Gasteiger partial charge in [0, 0.05) is 6.42 Å². The van der Waals surface area contributed by atoms with Gasteiger partial charge in [-0.25, -0.2) is 9.78 Å². The number of hydrogen-bond acceptors (Lipinski definition) is 6. The molecule has 0 bridgehead atoms. The zero-order valence-electron chi connectivity index (χ0n) is 10.8. The van der Waals surface area contributed by atoms with E-state index in [0.29, 0.717) is 10.2 Å². The van der Waals surface area contributed by atoms with Gasteiger partial charge in [0.2, 0.25) is 5.06 Å². The Bertz CT molecular complexity index is 436. The van der Waals surface area contributed by atoms with Crippen LogP contribution < -0.4 is 10.1 Å². The first kappa shape index (κ1) is 14.4. The Labute approximate surface area is 109 Å². The summed E-state index contributed by atoms with van der Waals surface area (Å²) in [6.45, 7) is 7.00. The van der Waals surface area contributed by atoms with Crippen LogP contribution in [0.5, 0.6) is 5.06 Å². The second-order valence-corrected chi connectivity index (χ2v) is 5.43. The van der Waals surface area contributed by atoms with Crippen LogP contribution in [0.4, 0.5) is 9.93 Å². The van der Waals surface area contributed by atoms with Crippen molar-refractivity contribution in [3.63, 3.8) is 0 Å². The van der Waals surface area contributed by atoms with Gasteiger partial charge in [0.05, 0.1) is 6.20 Å². The first-order chi connectivity index (χ1) is 8.30. The Morgan fingerprint density at radius 3 is 2.67 bits per heavy atom. The van der Waals surface area contributed by atoms with Crippen LogP contribution in [0.3, 0.4) is 0 Å². The van der Waals surface area contributed by atoms with Gasteiger partial charge in [-0.15, -0.1) is 0 Å². The van der Waals surface area contributed by atoms with E-state index in [4.69, 9.17) is 9.47 Å². The summed E-state index contributed by atoms with van der Waals surface area (Å²) >= 11 is 1.06. The molecule has 1 aromatic rings. The van der Waals surface area contributed by atoms with Gasteiger partial charge in [0.15, 0.2) is 5.13 Å². The average molecular weight is 272 g/mol. The van der Waals surface area contributed by atoms with Crippen LogP contribution in [0.1, 0.15) is 34.1 Å². The maximum absolute atomic E-state index is 11.4. The molecule has 0 atom stereocenters. The lowest BCUT2D eigenvalue weighted by molar-refractivity contribution is -0.133. The number of carbonyl (C=O) groups is 2. The van der Waals surface area contributed by atoms with E-state index in [9.17, 15) is 9.59 Å². The van der Waals surface area contributed by atoms with Gasteiger partial charge in [0.25, 0.3) is 0 Å². The smallest absolute Gasteiger partial charge is 0.413 e. The number of nitrogens with one attached hydrogen (secondary N) is 1. The summed E-state index contributed by atoms with van der Waals surface area (Å²) < 4.78 is 10.0. The molecule has 0 aliphatic rings. The van der Waals surface area contributed by atoms with Crippen LogP contribution in [0.15, 0.2) is 6.20 Å². The third-order valence-corrected chi connectivity index (χ3v) is 2.39. The molecule has 0 saturated carbocycles. The van der Waals surface area contributed by atoms with Gasteiger partial charge in [0.1, 0.15) is 5.60 Å². The predicted molar refractivity (Wildman–Crippen MR) is 67.9 cm³/mol. The summed E-state index contributed by atoms with van der Waals surface area (Å²) in [5.74, 6) is -0.345. The number of esters is 1. The van der Waals surface area contributed by atoms with Gasteiger partial charge < -0.3 is 9.47 Å². The van der Waals surface area contributed by atoms with Crippen LogP contribution in [-0.4, -0.2) is 22.6 Å². The Hall–Kier alpha value is -1.63. The fraction of sp³-hybridized carbons (Fsp3) is 0.545. The number of carbonyl (C=O) groups excluding carboxylic acids is 2. The number of aromatic nitrogens is 1. The Balaban J connectivity index is 2.54. The molecule has 18 heavy (non-hydrogen) atoms. The van der Waals surface area contributed by atoms with Gasteiger partial charge in [-0.1, -0.05) is 18.3 Å². The highest BCUT2D eigenvalue weighted by atomic mass is 32.1. The molecule has 0 radical (unpaired) electrons. The molecule has 0 spiro atoms. The zero-order chi connectivity index (χ0) is 13.8. The van der Waals surface area contributed by atoms with Crippen molar-refractivity contribution in [2.45, 2.75) is 39.7 Å². The van der Waals surface area contributed by atoms with E-state index in [1.54, 1.807) is 27.7 Å². The average Bonchev–Trinajstić information content (AvgIpc) is 2.62. The quantitative estimate of drug-likeness (QED) is 0.856. The zero-order valence-corrected chi connectivity index (χ0v) is 11.6. The third-order valence-electron chi connectivity index (χ3n) is 1.60. The van der Waals surface area contributed by atoms with Crippen LogP contribution in [-0.2, 0) is 9.53 Å². The minimum atomic E-state index is -0.592. The van der Waals surface area contributed by atoms with E-state index in [0.717, 1.165) is 11.3 Å². The van der Waals surface area contributed by atoms with E-state index < -0.39 is 11.7 Å². The van der Waals surface area contributed by atoms with Crippen molar-refractivity contribution in [2.24, 2.45) is 0 Å². The maximum atomic E-state index is 11.4. The van der Waals surface area contributed by atoms with E-state index in [-0.39, 0.29) is 12.4 Å². The number of thiazole rings is 1. The van der Waals surface area contributed by atoms with Crippen LogP contribution >= 0.6 is 11.3 Å². The van der Waals surface area contributed by atoms with Crippen LogP contribution in [0.2, 0.25) is 0 Å². The van der Waals surface area contributed by atoms with Crippen molar-refractivity contribution < 1.29 is 19.1 Å². The second-order valence-electron chi connectivity index (χ2n) is 4.44. The van der Waals surface area contributed by atoms with E-state index in [1.807, 2.05) is 0 Å². The Morgan fingerprint density at radius 2 is 2.11 bits per heavy atom. The fourth-order valence-electron chi connectivity index (χ4n) is 0.940. The Kier molecular flexibility index (Phi) is 4.66. The molecular formula is C11H16N2O4S. The summed E-state index contributed by atoms with van der Waals surface area (Å²) in [7, 11) is 0. The second kappa shape index (κ2) is 5.81. The lowest BCUT2D eigenvalue weighted by atomic mass is 10.2. The van der Waals surface area contributed by atoms with Crippen molar-refractivity contribution in [3.05, 3.63) is 6.20 Å². The maximum Gasteiger partial charge on any atom is 0.413 e. The van der Waals surface area contributed by atoms with Crippen molar-refractivity contribution in [3.8, 4) is 5.06 Å². The number of amides is 1. The predicted octanol–water partition coefficient (Wildman–Crippen LogP) is 2.81. The highest BCUT2D eigenvalue weighted by molar-refractivity contribution is 7.17. The summed E-state index contributed by atoms with van der Waals surface area (Å²) in [6, 6.07) is 0. The number of ether oxygens (including phenoxy) is 2. The molecule has 6 nitrogen and oxygen atoms in total. The summed E-state index contributed by atoms with van der Waals surface area (Å²) in [5, 5.41) is 3.13. The first-order valence-corrected chi connectivity index (χ1v) is 6.28. The van der Waals surface area contributed by atoms with Gasteiger partial charge in [-0.2, -0.15) is 0 Å². The lowest BCUT2D eigenvalue weighted by Gasteiger charge is -2.18. The Morgan fingerprint density at radius 1 is 1.44 bits per heavy atom. The minimum absolute atomic E-state index is 0.284. The summed E-state index contributed by atoms with van der Waals surface area (Å²) in [5.41, 5.74) is -0.571. The molecular weight excluding hydrogens is 256 g/mol. The standard InChI is InChI=1S/C11H16N2O4S/c1-5-7(14)16-8-6-12-9(18-8)13-10(15)17-11(2,3)4/h6H,5H2,1-4H3,(H,12,13,15). The molecule has 100 valence electrons. The molecule has 0 aliphatic heterocycles. The number of rotatable bonds is 3. The largest absolute Gasteiger partial charge is 0.444 e. The van der Waals surface area contributed by atoms with Crippen LogP contribution in [0.25, 0.3) is 0 Å². The molecule has 1 amide bonds. The van der Waals surface area contributed by atoms with Gasteiger partial charge >= 0.3 is 12.1 Å². The SMILES string of the molecule is CCC(=O)Oc1cnc(NC(=O)OC(C)(C)C)s1. The normalized spacial score (nSPS) is 10.9. The molecule has 0 saturated heterocycles. The molecule has 7 heteroatoms. The number of hydrogen-bond donors (Lipinski definition) is 1. The van der Waals surface area contributed by atoms with Gasteiger partial charge in [-0.05, 0) is 20.8 Å². The highest BCUT2D eigenvalue weighted by Gasteiger charge is 2.17. The summed E-state index contributed by atoms with van der Waals surface area (Å²) in [4.78, 5) is 26.4. The van der Waals surface area contributed by atoms with E-state index >= 15 is 0 Å². The topological polar surface area (TPSA) is 77.5 Å². The van der Waals surface area contributed by atoms with Gasteiger partial charge in [-0.3, -0.25) is 10.1 Å². The highest BCUT2D eigenvalue weighted by Crippen LogP contribution is 2.26. The molecule has 0 aromatic carbocycles. The van der Waals surface area contributed by atoms with Crippen molar-refractivity contribution in [1.29, 1.82) is 0 Å². The first-order valence-electron chi connectivity index (χ1n) is 5.46. The van der Waals surface area contributed by atoms with E-state index in [2.05, 4.69) is 10.3 Å². The van der Waals surface area contributed by atoms with Crippen molar-refractivity contribution in [1.82, 2.24) is 4.98 Å². The third kappa shape index (κ3) is 5.13. The minimum Gasteiger partial charge on any atom is -0.444 e. The number of nitrogens with zero attached hydrogens (tertiary/aromatic N) is 1. The van der Waals surface area contributed by atoms with Crippen molar-refractivity contribution >= 4 is 28.5 Å². The van der Waals surface area contributed by atoms with E-state index in [1.165, 1.54) is 6.20 Å². The molecule has 1 heterocycles. The fourth-order valence-corrected chi connectivity index (χ4v) is 1.61. The molecule has 0 aliphatic carbocycles. The van der Waals surface area contributed by atoms with Crippen molar-refractivity contribution in [2.75, 3.05) is 5.32 Å². The monoisotopic (exact) mass is 272 g/mol. The molecule has 1 N–H and O–H groups in total. The van der Waals surface area contributed by atoms with Crippen LogP contribution in [0, 0.1) is 0 Å². The number of anilines is 1. The molecule has 1 rings (SSSR count). The molecule has 0 fully saturated rings. The summed E-state index contributed by atoms with van der Waals surface area (Å²) in [6.07, 6.45) is 1.07. The molecule has 1 aromatic heterocycles. The molecule has 0 unspecified atom stereocenters.